The van der Waals surface area contributed by atoms with Crippen LogP contribution in [0, 0.1) is 5.92 Å². The van der Waals surface area contributed by atoms with Crippen LogP contribution in [0.25, 0.3) is 0 Å². The van der Waals surface area contributed by atoms with Gasteiger partial charge in [0.2, 0.25) is 0 Å². The number of halogens is 1. The van der Waals surface area contributed by atoms with Gasteiger partial charge in [-0.2, -0.15) is 0 Å². The molecule has 0 aromatic carbocycles. The zero-order chi connectivity index (χ0) is 19.6. The average Bonchev–Trinajstić information content (AvgIpc) is 2.44. The zero-order valence-electron chi connectivity index (χ0n) is 15.8. The fourth-order valence-corrected chi connectivity index (χ4v) is 2.95. The maximum Gasteiger partial charge on any atom is 0.407 e. The molecule has 1 N–H and O–H groups in total. The molecule has 7 nitrogen and oxygen atoms in total. The molecular weight excluding hydrogens is 331 g/mol. The first-order chi connectivity index (χ1) is 11.3. The van der Waals surface area contributed by atoms with Crippen molar-refractivity contribution in [2.24, 2.45) is 5.92 Å². The lowest BCUT2D eigenvalue weighted by Gasteiger charge is -2.39. The number of likely N-dealkylation sites (tertiary alicyclic amines) is 1. The fraction of sp³-hybridized carbons (Fsp3) is 0.824. The third kappa shape index (κ3) is 5.31. The van der Waals surface area contributed by atoms with E-state index in [-0.39, 0.29) is 31.8 Å². The molecule has 1 unspecified atom stereocenters. The Bertz CT molecular complexity index is 522. The minimum atomic E-state index is -2.17. The number of alkyl halides is 1. The first-order valence-corrected chi connectivity index (χ1v) is 8.45. The topological polar surface area (TPSA) is 87.2 Å². The zero-order valence-corrected chi connectivity index (χ0v) is 15.8. The van der Waals surface area contributed by atoms with Gasteiger partial charge in [0.15, 0.2) is 5.67 Å². The smallest absolute Gasteiger partial charge is 0.407 e. The normalized spacial score (nSPS) is 18.6. The number of nitrogens with zero attached hydrogens (tertiary/aromatic N) is 2. The molecule has 1 aliphatic heterocycles. The minimum Gasteiger partial charge on any atom is -0.465 e. The van der Waals surface area contributed by atoms with E-state index in [1.54, 1.807) is 34.6 Å². The molecule has 0 aromatic rings. The summed E-state index contributed by atoms with van der Waals surface area (Å²) in [5, 5.41) is 8.95. The number of likely N-dealkylation sites (N-methyl/N-ethyl adjacent to an activating group) is 1. The third-order valence-corrected chi connectivity index (χ3v) is 4.23. The molecular formula is C17H29FN2O5. The van der Waals surface area contributed by atoms with E-state index >= 15 is 4.39 Å². The molecule has 1 aliphatic rings. The Morgan fingerprint density at radius 1 is 1.20 bits per heavy atom. The van der Waals surface area contributed by atoms with E-state index in [1.165, 1.54) is 7.05 Å². The van der Waals surface area contributed by atoms with Crippen LogP contribution >= 0.6 is 0 Å². The summed E-state index contributed by atoms with van der Waals surface area (Å²) in [4.78, 5) is 38.3. The molecule has 0 radical (unpaired) electrons. The summed E-state index contributed by atoms with van der Waals surface area (Å²) in [6.07, 6.45) is -1.57. The molecule has 1 heterocycles. The summed E-state index contributed by atoms with van der Waals surface area (Å²) in [6, 6.07) is -0.906. The summed E-state index contributed by atoms with van der Waals surface area (Å²) in [5.74, 6) is -1.64. The van der Waals surface area contributed by atoms with Crippen molar-refractivity contribution in [2.45, 2.75) is 64.8 Å². The molecule has 1 atom stereocenters. The maximum absolute atomic E-state index is 15.1. The predicted octanol–water partition coefficient (Wildman–Crippen LogP) is 2.29. The molecule has 0 aliphatic carbocycles. The highest BCUT2D eigenvalue weighted by molar-refractivity contribution is 5.90. The number of hydrogen-bond donors (Lipinski definition) is 1. The lowest BCUT2D eigenvalue weighted by atomic mass is 9.90. The lowest BCUT2D eigenvalue weighted by Crippen LogP contribution is -2.57. The van der Waals surface area contributed by atoms with Crippen LogP contribution in [0.5, 0.6) is 0 Å². The summed E-state index contributed by atoms with van der Waals surface area (Å²) < 4.78 is 20.5. The monoisotopic (exact) mass is 360 g/mol. The van der Waals surface area contributed by atoms with Crippen molar-refractivity contribution in [1.82, 2.24) is 9.80 Å². The second-order valence-electron chi connectivity index (χ2n) is 7.87. The van der Waals surface area contributed by atoms with E-state index in [0.29, 0.717) is 0 Å². The maximum atomic E-state index is 15.1. The third-order valence-electron chi connectivity index (χ3n) is 4.23. The van der Waals surface area contributed by atoms with Crippen LogP contribution in [0.1, 0.15) is 47.5 Å². The van der Waals surface area contributed by atoms with Crippen molar-refractivity contribution in [2.75, 3.05) is 20.1 Å². The number of ether oxygens (including phenoxy) is 1. The second-order valence-corrected chi connectivity index (χ2v) is 7.87. The molecule has 1 fully saturated rings. The Hall–Kier alpha value is -1.86. The molecule has 1 saturated heterocycles. The minimum absolute atomic E-state index is 0.0514. The molecule has 8 heteroatoms. The first kappa shape index (κ1) is 21.2. The van der Waals surface area contributed by atoms with Crippen LogP contribution in [-0.2, 0) is 14.3 Å². The first-order valence-electron chi connectivity index (χ1n) is 8.45. The van der Waals surface area contributed by atoms with Crippen molar-refractivity contribution in [3.8, 4) is 0 Å². The standard InChI is InChI=1S/C17H29FN2O5/c1-11(2)12(13(21)25-16(3,4)5)19(6)14(22)17(18)7-9-20(10-8-17)15(23)24/h11-12H,7-10H2,1-6H3,(H,23,24). The molecule has 0 saturated carbocycles. The van der Waals surface area contributed by atoms with Gasteiger partial charge < -0.3 is 19.6 Å². The SMILES string of the molecule is CC(C)C(C(=O)OC(C)(C)C)N(C)C(=O)C1(F)CCN(C(=O)O)CC1. The van der Waals surface area contributed by atoms with E-state index in [1.807, 2.05) is 0 Å². The van der Waals surface area contributed by atoms with Gasteiger partial charge in [-0.15, -0.1) is 0 Å². The Morgan fingerprint density at radius 3 is 2.04 bits per heavy atom. The number of rotatable bonds is 4. The molecule has 0 aromatic heterocycles. The van der Waals surface area contributed by atoms with Crippen molar-refractivity contribution in [3.05, 3.63) is 0 Å². The highest BCUT2D eigenvalue weighted by Crippen LogP contribution is 2.30. The Kier molecular flexibility index (Phi) is 6.42. The van der Waals surface area contributed by atoms with Gasteiger partial charge in [-0.1, -0.05) is 13.8 Å². The van der Waals surface area contributed by atoms with E-state index < -0.39 is 35.3 Å². The van der Waals surface area contributed by atoms with Gasteiger partial charge >= 0.3 is 12.1 Å². The quantitative estimate of drug-likeness (QED) is 0.777. The number of amides is 2. The molecule has 0 spiro atoms. The number of carbonyl (C=O) groups is 3. The number of carbonyl (C=O) groups excluding carboxylic acids is 2. The van der Waals surface area contributed by atoms with E-state index in [9.17, 15) is 14.4 Å². The van der Waals surface area contributed by atoms with Gasteiger partial charge in [-0.25, -0.2) is 14.0 Å². The molecule has 2 amide bonds. The van der Waals surface area contributed by atoms with Crippen molar-refractivity contribution in [1.29, 1.82) is 0 Å². The van der Waals surface area contributed by atoms with E-state index in [4.69, 9.17) is 9.84 Å². The van der Waals surface area contributed by atoms with E-state index in [2.05, 4.69) is 0 Å². The fourth-order valence-electron chi connectivity index (χ4n) is 2.95. The van der Waals surface area contributed by atoms with E-state index in [0.717, 1.165) is 9.80 Å². The summed E-state index contributed by atoms with van der Waals surface area (Å²) in [5.41, 5.74) is -2.88. The summed E-state index contributed by atoms with van der Waals surface area (Å²) in [6.45, 7) is 8.59. The van der Waals surface area contributed by atoms with Crippen LogP contribution in [-0.4, -0.2) is 70.3 Å². The lowest BCUT2D eigenvalue weighted by molar-refractivity contribution is -0.169. The number of piperidine rings is 1. The Morgan fingerprint density at radius 2 is 1.68 bits per heavy atom. The van der Waals surface area contributed by atoms with Crippen LogP contribution in [0.3, 0.4) is 0 Å². The molecule has 0 bridgehead atoms. The van der Waals surface area contributed by atoms with Gasteiger partial charge in [0.05, 0.1) is 0 Å². The number of esters is 1. The molecule has 25 heavy (non-hydrogen) atoms. The van der Waals surface area contributed by atoms with Crippen molar-refractivity contribution in [3.63, 3.8) is 0 Å². The van der Waals surface area contributed by atoms with Gasteiger partial charge in [-0.05, 0) is 26.7 Å². The molecule has 1 rings (SSSR count). The molecule has 144 valence electrons. The second kappa shape index (κ2) is 7.58. The van der Waals surface area contributed by atoms with Gasteiger partial charge in [0.25, 0.3) is 5.91 Å². The van der Waals surface area contributed by atoms with Gasteiger partial charge in [0.1, 0.15) is 11.6 Å². The van der Waals surface area contributed by atoms with Crippen molar-refractivity contribution >= 4 is 18.0 Å². The Balaban J connectivity index is 2.90. The highest BCUT2D eigenvalue weighted by Gasteiger charge is 2.47. The number of hydrogen-bond acceptors (Lipinski definition) is 4. The van der Waals surface area contributed by atoms with Crippen LogP contribution in [0.2, 0.25) is 0 Å². The van der Waals surface area contributed by atoms with Crippen molar-refractivity contribution < 1.29 is 28.6 Å². The van der Waals surface area contributed by atoms with Crippen LogP contribution in [0.4, 0.5) is 9.18 Å². The average molecular weight is 360 g/mol. The highest BCUT2D eigenvalue weighted by atomic mass is 19.1. The largest absolute Gasteiger partial charge is 0.465 e. The number of carboxylic acid groups (broad SMARTS) is 1. The summed E-state index contributed by atoms with van der Waals surface area (Å²) >= 11 is 0. The van der Waals surface area contributed by atoms with Gasteiger partial charge in [-0.3, -0.25) is 4.79 Å². The summed E-state index contributed by atoms with van der Waals surface area (Å²) in [7, 11) is 1.39. The van der Waals surface area contributed by atoms with Crippen LogP contribution < -0.4 is 0 Å². The predicted molar refractivity (Wildman–Crippen MR) is 89.9 cm³/mol. The van der Waals surface area contributed by atoms with Gasteiger partial charge in [0, 0.05) is 33.0 Å². The Labute approximate surface area is 148 Å². The van der Waals surface area contributed by atoms with Crippen LogP contribution in [0.15, 0.2) is 0 Å².